The van der Waals surface area contributed by atoms with Gasteiger partial charge in [0.2, 0.25) is 0 Å². The number of nitrogens with one attached hydrogen (secondary N) is 2. The van der Waals surface area contributed by atoms with Crippen LogP contribution in [0.1, 0.15) is 58.1 Å². The van der Waals surface area contributed by atoms with E-state index in [0.29, 0.717) is 17.8 Å². The predicted molar refractivity (Wildman–Crippen MR) is 99.7 cm³/mol. The summed E-state index contributed by atoms with van der Waals surface area (Å²) in [7, 11) is 0. The molecule has 1 heterocycles. The Hall–Kier alpha value is -1.53. The summed E-state index contributed by atoms with van der Waals surface area (Å²) in [5.74, 6) is 1.22. The number of aliphatic hydroxyl groups is 1. The van der Waals surface area contributed by atoms with E-state index in [2.05, 4.69) is 15.6 Å². The van der Waals surface area contributed by atoms with E-state index in [-0.39, 0.29) is 6.54 Å². The maximum absolute atomic E-state index is 10.5. The van der Waals surface area contributed by atoms with Crippen LogP contribution >= 0.6 is 0 Å². The van der Waals surface area contributed by atoms with Crippen LogP contribution in [0.3, 0.4) is 0 Å². The summed E-state index contributed by atoms with van der Waals surface area (Å²) in [6.45, 7) is 6.30. The first-order valence-corrected chi connectivity index (χ1v) is 9.52. The molecule has 0 aliphatic heterocycles. The van der Waals surface area contributed by atoms with Crippen molar-refractivity contribution in [3.05, 3.63) is 24.2 Å². The van der Waals surface area contributed by atoms with Gasteiger partial charge in [-0.25, -0.2) is 4.99 Å². The van der Waals surface area contributed by atoms with Crippen molar-refractivity contribution >= 4 is 5.96 Å². The van der Waals surface area contributed by atoms with Crippen LogP contribution in [0.4, 0.5) is 0 Å². The molecule has 2 rings (SSSR count). The van der Waals surface area contributed by atoms with Crippen LogP contribution in [0.25, 0.3) is 0 Å². The van der Waals surface area contributed by atoms with E-state index in [0.717, 1.165) is 26.1 Å². The molecule has 1 fully saturated rings. The van der Waals surface area contributed by atoms with Crippen molar-refractivity contribution in [3.63, 3.8) is 0 Å². The monoisotopic (exact) mass is 351 g/mol. The lowest BCUT2D eigenvalue weighted by Crippen LogP contribution is -2.39. The van der Waals surface area contributed by atoms with Crippen molar-refractivity contribution in [2.75, 3.05) is 26.2 Å². The van der Waals surface area contributed by atoms with E-state index in [1.165, 1.54) is 32.1 Å². The third-order valence-corrected chi connectivity index (χ3v) is 4.46. The summed E-state index contributed by atoms with van der Waals surface area (Å²) in [6.07, 6.45) is 9.33. The first kappa shape index (κ1) is 19.8. The molecular formula is C19H33N3O3. The van der Waals surface area contributed by atoms with E-state index in [1.807, 2.05) is 6.92 Å². The quantitative estimate of drug-likeness (QED) is 0.362. The Labute approximate surface area is 151 Å². The predicted octanol–water partition coefficient (Wildman–Crippen LogP) is 2.78. The Morgan fingerprint density at radius 2 is 2.16 bits per heavy atom. The average Bonchev–Trinajstić information content (AvgIpc) is 3.16. The van der Waals surface area contributed by atoms with Gasteiger partial charge in [-0.3, -0.25) is 0 Å². The Kier molecular flexibility index (Phi) is 8.28. The van der Waals surface area contributed by atoms with Gasteiger partial charge in [0.1, 0.15) is 11.4 Å². The molecule has 1 atom stereocenters. The molecule has 142 valence electrons. The topological polar surface area (TPSA) is 79.0 Å². The van der Waals surface area contributed by atoms with Crippen LogP contribution in [-0.2, 0) is 10.3 Å². The summed E-state index contributed by atoms with van der Waals surface area (Å²) in [4.78, 5) is 4.47. The normalized spacial score (nSPS) is 18.8. The molecule has 3 N–H and O–H groups in total. The lowest BCUT2D eigenvalue weighted by molar-refractivity contribution is 0.0276. The molecule has 6 heteroatoms. The minimum absolute atomic E-state index is 0.231. The van der Waals surface area contributed by atoms with Crippen LogP contribution in [0.5, 0.6) is 0 Å². The zero-order valence-electron chi connectivity index (χ0n) is 15.6. The fourth-order valence-electron chi connectivity index (χ4n) is 3.00. The maximum Gasteiger partial charge on any atom is 0.191 e. The summed E-state index contributed by atoms with van der Waals surface area (Å²) in [6, 6.07) is 3.53. The molecule has 1 aliphatic rings. The molecule has 1 aliphatic carbocycles. The average molecular weight is 351 g/mol. The third-order valence-electron chi connectivity index (χ3n) is 4.46. The van der Waals surface area contributed by atoms with Gasteiger partial charge in [0.15, 0.2) is 5.96 Å². The van der Waals surface area contributed by atoms with E-state index in [4.69, 9.17) is 9.15 Å². The second-order valence-electron chi connectivity index (χ2n) is 6.86. The summed E-state index contributed by atoms with van der Waals surface area (Å²) in [5, 5.41) is 17.0. The number of guanidine groups is 1. The SMILES string of the molecule is CCNC(=NCC(C)(O)c1ccco1)NCCCOC1CCCCC1. The number of ether oxygens (including phenoxy) is 1. The van der Waals surface area contributed by atoms with Crippen molar-refractivity contribution in [1.82, 2.24) is 10.6 Å². The minimum Gasteiger partial charge on any atom is -0.466 e. The number of rotatable bonds is 9. The van der Waals surface area contributed by atoms with Crippen molar-refractivity contribution in [1.29, 1.82) is 0 Å². The second-order valence-corrected chi connectivity index (χ2v) is 6.86. The third kappa shape index (κ3) is 7.08. The van der Waals surface area contributed by atoms with Gasteiger partial charge in [-0.05, 0) is 45.2 Å². The van der Waals surface area contributed by atoms with Gasteiger partial charge in [0, 0.05) is 19.7 Å². The fraction of sp³-hybridized carbons (Fsp3) is 0.737. The summed E-state index contributed by atoms with van der Waals surface area (Å²) >= 11 is 0. The highest BCUT2D eigenvalue weighted by atomic mass is 16.5. The van der Waals surface area contributed by atoms with Crippen LogP contribution in [-0.4, -0.2) is 43.4 Å². The summed E-state index contributed by atoms with van der Waals surface area (Å²) in [5.41, 5.74) is -1.12. The maximum atomic E-state index is 10.5. The summed E-state index contributed by atoms with van der Waals surface area (Å²) < 4.78 is 11.2. The van der Waals surface area contributed by atoms with E-state index < -0.39 is 5.60 Å². The number of aliphatic imine (C=N–C) groups is 1. The number of hydrogen-bond donors (Lipinski definition) is 3. The van der Waals surface area contributed by atoms with Gasteiger partial charge >= 0.3 is 0 Å². The van der Waals surface area contributed by atoms with E-state index in [1.54, 1.807) is 25.3 Å². The smallest absolute Gasteiger partial charge is 0.191 e. The van der Waals surface area contributed by atoms with Crippen LogP contribution in [0.2, 0.25) is 0 Å². The second kappa shape index (κ2) is 10.5. The van der Waals surface area contributed by atoms with Crippen LogP contribution in [0.15, 0.2) is 27.8 Å². The molecule has 1 saturated carbocycles. The molecule has 25 heavy (non-hydrogen) atoms. The van der Waals surface area contributed by atoms with Crippen LogP contribution < -0.4 is 10.6 Å². The van der Waals surface area contributed by atoms with E-state index in [9.17, 15) is 5.11 Å². The van der Waals surface area contributed by atoms with Gasteiger partial charge in [-0.15, -0.1) is 0 Å². The van der Waals surface area contributed by atoms with Gasteiger partial charge in [-0.1, -0.05) is 19.3 Å². The van der Waals surface area contributed by atoms with Gasteiger partial charge < -0.3 is 24.9 Å². The Balaban J connectivity index is 1.70. The highest BCUT2D eigenvalue weighted by molar-refractivity contribution is 5.79. The fourth-order valence-corrected chi connectivity index (χ4v) is 3.00. The highest BCUT2D eigenvalue weighted by Crippen LogP contribution is 2.21. The van der Waals surface area contributed by atoms with Crippen molar-refractivity contribution in [2.24, 2.45) is 4.99 Å². The van der Waals surface area contributed by atoms with Crippen molar-refractivity contribution in [2.45, 2.75) is 64.1 Å². The molecule has 1 aromatic heterocycles. The molecule has 0 aromatic carbocycles. The number of hydrogen-bond acceptors (Lipinski definition) is 4. The minimum atomic E-state index is -1.12. The lowest BCUT2D eigenvalue weighted by atomic mass is 9.98. The first-order chi connectivity index (χ1) is 12.1. The standard InChI is InChI=1S/C19H33N3O3/c1-3-20-18(22-15-19(2,23)17-11-7-13-25-17)21-12-8-14-24-16-9-5-4-6-10-16/h7,11,13,16,23H,3-6,8-10,12,14-15H2,1-2H3,(H2,20,21,22). The Bertz CT molecular complexity index is 494. The Morgan fingerprint density at radius 3 is 2.84 bits per heavy atom. The zero-order valence-corrected chi connectivity index (χ0v) is 15.6. The van der Waals surface area contributed by atoms with Gasteiger partial charge in [0.05, 0.1) is 18.9 Å². The Morgan fingerprint density at radius 1 is 1.36 bits per heavy atom. The van der Waals surface area contributed by atoms with Gasteiger partial charge in [-0.2, -0.15) is 0 Å². The molecule has 0 amide bonds. The van der Waals surface area contributed by atoms with Crippen LogP contribution in [0, 0.1) is 0 Å². The molecule has 0 bridgehead atoms. The molecule has 0 spiro atoms. The molecule has 0 radical (unpaired) electrons. The first-order valence-electron chi connectivity index (χ1n) is 9.52. The highest BCUT2D eigenvalue weighted by Gasteiger charge is 2.26. The largest absolute Gasteiger partial charge is 0.466 e. The van der Waals surface area contributed by atoms with Gasteiger partial charge in [0.25, 0.3) is 0 Å². The zero-order chi connectivity index (χ0) is 18.0. The molecule has 0 saturated heterocycles. The number of nitrogens with zero attached hydrogens (tertiary/aromatic N) is 1. The number of furan rings is 1. The lowest BCUT2D eigenvalue weighted by Gasteiger charge is -2.22. The molecular weight excluding hydrogens is 318 g/mol. The van der Waals surface area contributed by atoms with Crippen molar-refractivity contribution in [3.8, 4) is 0 Å². The molecule has 6 nitrogen and oxygen atoms in total. The van der Waals surface area contributed by atoms with Crippen molar-refractivity contribution < 1.29 is 14.3 Å². The molecule has 1 unspecified atom stereocenters. The molecule has 1 aromatic rings. The van der Waals surface area contributed by atoms with E-state index >= 15 is 0 Å².